The van der Waals surface area contributed by atoms with E-state index in [9.17, 15) is 9.59 Å². The molecule has 0 amide bonds. The predicted molar refractivity (Wildman–Crippen MR) is 123 cm³/mol. The summed E-state index contributed by atoms with van der Waals surface area (Å²) >= 11 is 1.41. The number of aromatic nitrogens is 2. The predicted octanol–water partition coefficient (Wildman–Crippen LogP) is 4.30. The number of aryl methyl sites for hydroxylation is 1. The number of methoxy groups -OCH3 is 1. The lowest BCUT2D eigenvalue weighted by Crippen LogP contribution is -2.24. The van der Waals surface area contributed by atoms with Gasteiger partial charge in [0.2, 0.25) is 0 Å². The Hall–Kier alpha value is -3.52. The molecule has 0 radical (unpaired) electrons. The molecule has 0 aliphatic rings. The number of carbonyl (C=O) groups excluding carboxylic acids is 1. The Morgan fingerprint density at radius 2 is 1.97 bits per heavy atom. The van der Waals surface area contributed by atoms with Gasteiger partial charge in [-0.15, -0.1) is 0 Å². The zero-order chi connectivity index (χ0) is 22.5. The number of thioether (sulfide) groups is 1. The van der Waals surface area contributed by atoms with E-state index in [1.54, 1.807) is 35.1 Å². The van der Waals surface area contributed by atoms with Gasteiger partial charge in [-0.2, -0.15) is 0 Å². The molecule has 2 heterocycles. The zero-order valence-corrected chi connectivity index (χ0v) is 18.6. The fraction of sp³-hybridized carbons (Fsp3) is 0.208. The van der Waals surface area contributed by atoms with Crippen molar-refractivity contribution in [2.45, 2.75) is 18.6 Å². The first-order chi connectivity index (χ1) is 15.5. The van der Waals surface area contributed by atoms with E-state index in [-0.39, 0.29) is 12.1 Å². The number of esters is 1. The summed E-state index contributed by atoms with van der Waals surface area (Å²) in [7, 11) is 1.32. The summed E-state index contributed by atoms with van der Waals surface area (Å²) in [4.78, 5) is 29.8. The molecule has 0 bridgehead atoms. The van der Waals surface area contributed by atoms with Crippen molar-refractivity contribution in [1.82, 2.24) is 9.55 Å². The highest BCUT2D eigenvalue weighted by atomic mass is 32.2. The third kappa shape index (κ3) is 4.86. The maximum absolute atomic E-state index is 13.2. The van der Waals surface area contributed by atoms with Crippen LogP contribution >= 0.6 is 11.8 Å². The highest BCUT2D eigenvalue weighted by molar-refractivity contribution is 7.99. The molecular formula is C24H22N2O5S. The molecule has 2 aromatic carbocycles. The largest absolute Gasteiger partial charge is 0.493 e. The Balaban J connectivity index is 1.61. The van der Waals surface area contributed by atoms with Crippen LogP contribution in [0.1, 0.15) is 21.7 Å². The van der Waals surface area contributed by atoms with E-state index in [0.29, 0.717) is 39.7 Å². The van der Waals surface area contributed by atoms with Crippen molar-refractivity contribution in [1.29, 1.82) is 0 Å². The van der Waals surface area contributed by atoms with Gasteiger partial charge in [0.25, 0.3) is 5.56 Å². The molecule has 0 unspecified atom stereocenters. The number of furan rings is 1. The van der Waals surface area contributed by atoms with Gasteiger partial charge in [-0.1, -0.05) is 29.5 Å². The average Bonchev–Trinajstić information content (AvgIpc) is 3.32. The van der Waals surface area contributed by atoms with Crippen LogP contribution in [-0.4, -0.2) is 35.0 Å². The number of carbonyl (C=O) groups is 1. The fourth-order valence-corrected chi connectivity index (χ4v) is 4.00. The van der Waals surface area contributed by atoms with Crippen molar-refractivity contribution < 1.29 is 18.7 Å². The van der Waals surface area contributed by atoms with Crippen LogP contribution in [0.15, 0.2) is 75.2 Å². The summed E-state index contributed by atoms with van der Waals surface area (Å²) in [6, 6.07) is 16.2. The quantitative estimate of drug-likeness (QED) is 0.171. The zero-order valence-electron chi connectivity index (χ0n) is 17.7. The van der Waals surface area contributed by atoms with Gasteiger partial charge >= 0.3 is 5.97 Å². The van der Waals surface area contributed by atoms with E-state index < -0.39 is 5.97 Å². The SMILES string of the molecule is COC(=O)c1ccc2c(=O)n(Cc3ccco3)c(SCCOc3ccc(C)cc3)nc2c1. The van der Waals surface area contributed by atoms with Crippen molar-refractivity contribution in [3.8, 4) is 5.75 Å². The van der Waals surface area contributed by atoms with Gasteiger partial charge in [-0.3, -0.25) is 9.36 Å². The number of fused-ring (bicyclic) bond motifs is 1. The van der Waals surface area contributed by atoms with Gasteiger partial charge in [-0.25, -0.2) is 9.78 Å². The van der Waals surface area contributed by atoms with E-state index in [2.05, 4.69) is 4.98 Å². The monoisotopic (exact) mass is 450 g/mol. The first kappa shape index (κ1) is 21.7. The molecule has 0 saturated carbocycles. The number of benzene rings is 2. The van der Waals surface area contributed by atoms with E-state index in [4.69, 9.17) is 13.9 Å². The molecule has 0 N–H and O–H groups in total. The number of hydrogen-bond donors (Lipinski definition) is 0. The van der Waals surface area contributed by atoms with Gasteiger partial charge in [-0.05, 0) is 49.4 Å². The van der Waals surface area contributed by atoms with Crippen LogP contribution in [0, 0.1) is 6.92 Å². The molecule has 32 heavy (non-hydrogen) atoms. The lowest BCUT2D eigenvalue weighted by atomic mass is 10.1. The first-order valence-electron chi connectivity index (χ1n) is 10.0. The maximum Gasteiger partial charge on any atom is 0.337 e. The van der Waals surface area contributed by atoms with Gasteiger partial charge in [0, 0.05) is 5.75 Å². The molecule has 0 saturated heterocycles. The van der Waals surface area contributed by atoms with Crippen molar-refractivity contribution in [2.75, 3.05) is 19.5 Å². The second kappa shape index (κ2) is 9.74. The molecule has 4 aromatic rings. The van der Waals surface area contributed by atoms with Crippen LogP contribution in [0.4, 0.5) is 0 Å². The van der Waals surface area contributed by atoms with Crippen LogP contribution in [0.25, 0.3) is 10.9 Å². The molecule has 0 atom stereocenters. The van der Waals surface area contributed by atoms with Crippen molar-refractivity contribution in [2.24, 2.45) is 0 Å². The van der Waals surface area contributed by atoms with Crippen LogP contribution in [0.2, 0.25) is 0 Å². The van der Waals surface area contributed by atoms with Gasteiger partial charge in [0.15, 0.2) is 5.16 Å². The average molecular weight is 451 g/mol. The minimum Gasteiger partial charge on any atom is -0.493 e. The van der Waals surface area contributed by atoms with Gasteiger partial charge in [0.1, 0.15) is 11.5 Å². The Morgan fingerprint density at radius 3 is 2.69 bits per heavy atom. The van der Waals surface area contributed by atoms with Crippen LogP contribution < -0.4 is 10.3 Å². The van der Waals surface area contributed by atoms with Crippen LogP contribution in [0.3, 0.4) is 0 Å². The molecule has 4 rings (SSSR count). The van der Waals surface area contributed by atoms with Crippen molar-refractivity contribution in [3.63, 3.8) is 0 Å². The number of ether oxygens (including phenoxy) is 2. The fourth-order valence-electron chi connectivity index (χ4n) is 3.18. The number of rotatable bonds is 8. The summed E-state index contributed by atoms with van der Waals surface area (Å²) in [5.74, 6) is 1.55. The van der Waals surface area contributed by atoms with E-state index in [1.165, 1.54) is 24.4 Å². The molecule has 7 nitrogen and oxygen atoms in total. The number of nitrogens with zero attached hydrogens (tertiary/aromatic N) is 2. The lowest BCUT2D eigenvalue weighted by Gasteiger charge is -2.13. The normalized spacial score (nSPS) is 10.9. The Kier molecular flexibility index (Phi) is 6.61. The first-order valence-corrected chi connectivity index (χ1v) is 11.0. The van der Waals surface area contributed by atoms with Gasteiger partial charge < -0.3 is 13.9 Å². The highest BCUT2D eigenvalue weighted by Gasteiger charge is 2.15. The summed E-state index contributed by atoms with van der Waals surface area (Å²) in [5.41, 5.74) is 1.75. The Labute approximate surface area is 189 Å². The Bertz CT molecular complexity index is 1280. The summed E-state index contributed by atoms with van der Waals surface area (Å²) in [6.45, 7) is 2.73. The lowest BCUT2D eigenvalue weighted by molar-refractivity contribution is 0.0601. The molecule has 0 fully saturated rings. The van der Waals surface area contributed by atoms with E-state index >= 15 is 0 Å². The second-order valence-electron chi connectivity index (χ2n) is 7.10. The minimum atomic E-state index is -0.478. The minimum absolute atomic E-state index is 0.204. The van der Waals surface area contributed by atoms with E-state index in [1.807, 2.05) is 37.3 Å². The Morgan fingerprint density at radius 1 is 1.16 bits per heavy atom. The van der Waals surface area contributed by atoms with E-state index in [0.717, 1.165) is 5.75 Å². The molecule has 0 spiro atoms. The topological polar surface area (TPSA) is 83.6 Å². The maximum atomic E-state index is 13.2. The van der Waals surface area contributed by atoms with Crippen LogP contribution in [-0.2, 0) is 11.3 Å². The van der Waals surface area contributed by atoms with Crippen molar-refractivity contribution in [3.05, 3.63) is 88.1 Å². The summed E-state index contributed by atoms with van der Waals surface area (Å²) < 4.78 is 17.6. The molecule has 2 aromatic heterocycles. The molecule has 0 aliphatic heterocycles. The molecule has 164 valence electrons. The highest BCUT2D eigenvalue weighted by Crippen LogP contribution is 2.21. The van der Waals surface area contributed by atoms with Crippen LogP contribution in [0.5, 0.6) is 5.75 Å². The van der Waals surface area contributed by atoms with Crippen molar-refractivity contribution >= 4 is 28.6 Å². The third-order valence-electron chi connectivity index (χ3n) is 4.84. The molecular weight excluding hydrogens is 428 g/mol. The smallest absolute Gasteiger partial charge is 0.337 e. The molecule has 0 aliphatic carbocycles. The standard InChI is InChI=1S/C24H22N2O5S/c1-16-5-8-18(9-6-16)31-12-13-32-24-25-21-14-17(23(28)29-2)7-10-20(21)22(27)26(24)15-19-4-3-11-30-19/h3-11,14H,12-13,15H2,1-2H3. The number of hydrogen-bond acceptors (Lipinski definition) is 7. The summed E-state index contributed by atoms with van der Waals surface area (Å²) in [5, 5.41) is 0.942. The van der Waals surface area contributed by atoms with Gasteiger partial charge in [0.05, 0.1) is 43.0 Å². The summed E-state index contributed by atoms with van der Waals surface area (Å²) in [6.07, 6.45) is 1.57. The third-order valence-corrected chi connectivity index (χ3v) is 5.78. The molecule has 8 heteroatoms. The second-order valence-corrected chi connectivity index (χ2v) is 8.16.